The lowest BCUT2D eigenvalue weighted by Crippen LogP contribution is -2.49. The van der Waals surface area contributed by atoms with Gasteiger partial charge in [-0.15, -0.1) is 0 Å². The Kier molecular flexibility index (Phi) is 11.3. The van der Waals surface area contributed by atoms with Crippen LogP contribution in [0.3, 0.4) is 0 Å². The highest BCUT2D eigenvalue weighted by molar-refractivity contribution is 5.95. The topological polar surface area (TPSA) is 110 Å². The van der Waals surface area contributed by atoms with Crippen LogP contribution in [-0.2, 0) is 30.7 Å². The zero-order chi connectivity index (χ0) is 34.0. The van der Waals surface area contributed by atoms with E-state index in [-0.39, 0.29) is 35.9 Å². The SMILES string of the molecule is CCCc1ccc(C(=O)N(Cc2cccc3ccccc23)C[C@@H](NC(=O)Cc2cncn2Cc2ccc([N+](=O)[O-])cc2)[C@@H](C)CC)cc1. The Balaban J connectivity index is 1.36. The molecule has 2 amide bonds. The molecule has 0 unspecified atom stereocenters. The van der Waals surface area contributed by atoms with E-state index in [1.54, 1.807) is 24.7 Å². The maximum atomic E-state index is 14.2. The molecule has 0 aliphatic rings. The second-order valence-corrected chi connectivity index (χ2v) is 12.4. The molecular weight excluding hydrogens is 602 g/mol. The van der Waals surface area contributed by atoms with Crippen LogP contribution in [0.5, 0.6) is 0 Å². The lowest BCUT2D eigenvalue weighted by atomic mass is 9.97. The van der Waals surface area contributed by atoms with E-state index in [4.69, 9.17) is 0 Å². The lowest BCUT2D eigenvalue weighted by Gasteiger charge is -2.32. The van der Waals surface area contributed by atoms with Crippen LogP contribution in [-0.4, -0.2) is 43.8 Å². The van der Waals surface area contributed by atoms with E-state index < -0.39 is 4.92 Å². The number of aryl methyl sites for hydroxylation is 1. The highest BCUT2D eigenvalue weighted by atomic mass is 16.6. The van der Waals surface area contributed by atoms with Gasteiger partial charge in [-0.05, 0) is 51.9 Å². The van der Waals surface area contributed by atoms with Crippen molar-refractivity contribution in [1.82, 2.24) is 19.8 Å². The summed E-state index contributed by atoms with van der Waals surface area (Å²) in [5, 5.41) is 16.5. The summed E-state index contributed by atoms with van der Waals surface area (Å²) in [5.41, 5.74) is 4.49. The van der Waals surface area contributed by atoms with Gasteiger partial charge >= 0.3 is 0 Å². The van der Waals surface area contributed by atoms with Crippen molar-refractivity contribution in [3.8, 4) is 0 Å². The summed E-state index contributed by atoms with van der Waals surface area (Å²) in [7, 11) is 0. The number of rotatable bonds is 15. The van der Waals surface area contributed by atoms with Gasteiger partial charge in [0, 0.05) is 55.3 Å². The molecule has 5 aromatic rings. The van der Waals surface area contributed by atoms with Crippen molar-refractivity contribution in [2.24, 2.45) is 5.92 Å². The molecule has 4 aromatic carbocycles. The number of non-ortho nitro benzene ring substituents is 1. The second kappa shape index (κ2) is 16.0. The third kappa shape index (κ3) is 8.53. The molecule has 0 saturated heterocycles. The molecule has 1 heterocycles. The first-order valence-electron chi connectivity index (χ1n) is 16.6. The molecule has 1 aromatic heterocycles. The van der Waals surface area contributed by atoms with Crippen molar-refractivity contribution in [1.29, 1.82) is 0 Å². The minimum Gasteiger partial charge on any atom is -0.351 e. The van der Waals surface area contributed by atoms with E-state index >= 15 is 0 Å². The van der Waals surface area contributed by atoms with Gasteiger partial charge in [0.05, 0.1) is 17.7 Å². The Labute approximate surface area is 281 Å². The minimum atomic E-state index is -0.426. The number of nitro benzene ring substituents is 1. The van der Waals surface area contributed by atoms with Gasteiger partial charge in [-0.25, -0.2) is 4.98 Å². The van der Waals surface area contributed by atoms with E-state index in [1.165, 1.54) is 17.7 Å². The van der Waals surface area contributed by atoms with E-state index in [2.05, 4.69) is 55.3 Å². The molecule has 1 N–H and O–H groups in total. The molecule has 0 radical (unpaired) electrons. The van der Waals surface area contributed by atoms with Crippen molar-refractivity contribution in [2.75, 3.05) is 6.54 Å². The Morgan fingerprint density at radius 2 is 1.65 bits per heavy atom. The largest absolute Gasteiger partial charge is 0.351 e. The average molecular weight is 646 g/mol. The monoisotopic (exact) mass is 645 g/mol. The first-order chi connectivity index (χ1) is 23.2. The highest BCUT2D eigenvalue weighted by Gasteiger charge is 2.26. The summed E-state index contributed by atoms with van der Waals surface area (Å²) in [6.07, 6.45) is 6.26. The zero-order valence-electron chi connectivity index (χ0n) is 27.8. The number of nitro groups is 1. The summed E-state index contributed by atoms with van der Waals surface area (Å²) in [4.78, 5) is 44.5. The summed E-state index contributed by atoms with van der Waals surface area (Å²) in [6, 6.07) is 28.3. The van der Waals surface area contributed by atoms with E-state index in [0.29, 0.717) is 25.2 Å². The van der Waals surface area contributed by atoms with E-state index in [9.17, 15) is 19.7 Å². The predicted molar refractivity (Wildman–Crippen MR) is 189 cm³/mol. The molecule has 9 nitrogen and oxygen atoms in total. The number of fused-ring (bicyclic) bond motifs is 1. The van der Waals surface area contributed by atoms with Crippen LogP contribution in [0.1, 0.15) is 66.4 Å². The highest BCUT2D eigenvalue weighted by Crippen LogP contribution is 2.23. The fraction of sp³-hybridized carbons (Fsp3) is 0.308. The van der Waals surface area contributed by atoms with E-state index in [1.807, 2.05) is 51.9 Å². The molecule has 248 valence electrons. The average Bonchev–Trinajstić information content (AvgIpc) is 3.53. The maximum Gasteiger partial charge on any atom is 0.269 e. The van der Waals surface area contributed by atoms with Crippen molar-refractivity contribution < 1.29 is 14.5 Å². The second-order valence-electron chi connectivity index (χ2n) is 12.4. The Hall–Kier alpha value is -5.31. The van der Waals surface area contributed by atoms with Crippen LogP contribution in [0.4, 0.5) is 5.69 Å². The van der Waals surface area contributed by atoms with Gasteiger partial charge in [0.1, 0.15) is 0 Å². The molecule has 48 heavy (non-hydrogen) atoms. The predicted octanol–water partition coefficient (Wildman–Crippen LogP) is 7.36. The molecule has 2 atom stereocenters. The first-order valence-corrected chi connectivity index (χ1v) is 16.6. The van der Waals surface area contributed by atoms with Crippen LogP contribution in [0.2, 0.25) is 0 Å². The number of hydrogen-bond acceptors (Lipinski definition) is 5. The molecule has 0 bridgehead atoms. The number of hydrogen-bond donors (Lipinski definition) is 1. The molecule has 0 aliphatic carbocycles. The summed E-state index contributed by atoms with van der Waals surface area (Å²) < 4.78 is 1.87. The van der Waals surface area contributed by atoms with Gasteiger partial charge in [-0.1, -0.05) is 100 Å². The third-order valence-corrected chi connectivity index (χ3v) is 9.00. The smallest absolute Gasteiger partial charge is 0.269 e. The van der Waals surface area contributed by atoms with Crippen molar-refractivity contribution >= 4 is 28.3 Å². The normalized spacial score (nSPS) is 12.4. The standard InChI is InChI=1S/C39H43N5O4/c1-4-9-29-14-18-32(19-15-29)39(46)42(25-33-12-8-11-31-10-6-7-13-36(31)33)26-37(28(3)5-2)41-38(45)22-35-23-40-27-43(35)24-30-16-20-34(21-17-30)44(47)48/h6-8,10-21,23,27-28,37H,4-5,9,22,24-26H2,1-3H3,(H,41,45)/t28-,37+/m0/s1. The zero-order valence-corrected chi connectivity index (χ0v) is 27.8. The lowest BCUT2D eigenvalue weighted by molar-refractivity contribution is -0.384. The van der Waals surface area contributed by atoms with Crippen LogP contribution in [0.15, 0.2) is 104 Å². The molecule has 0 spiro atoms. The number of amides is 2. The number of nitrogens with zero attached hydrogens (tertiary/aromatic N) is 4. The first kappa shape index (κ1) is 34.0. The van der Waals surface area contributed by atoms with Crippen LogP contribution in [0.25, 0.3) is 10.8 Å². The van der Waals surface area contributed by atoms with Gasteiger partial charge in [-0.2, -0.15) is 0 Å². The quantitative estimate of drug-likeness (QED) is 0.0945. The number of nitrogens with one attached hydrogen (secondary N) is 1. The van der Waals surface area contributed by atoms with Gasteiger partial charge in [0.2, 0.25) is 5.91 Å². The minimum absolute atomic E-state index is 0.0292. The summed E-state index contributed by atoms with van der Waals surface area (Å²) in [5.74, 6) is -0.129. The van der Waals surface area contributed by atoms with Gasteiger partial charge in [-0.3, -0.25) is 19.7 Å². The molecule has 0 saturated carbocycles. The fourth-order valence-corrected chi connectivity index (χ4v) is 6.01. The number of benzene rings is 4. The van der Waals surface area contributed by atoms with Crippen molar-refractivity contribution in [3.63, 3.8) is 0 Å². The van der Waals surface area contributed by atoms with Crippen LogP contribution < -0.4 is 5.32 Å². The maximum absolute atomic E-state index is 14.2. The number of aromatic nitrogens is 2. The Morgan fingerprint density at radius 1 is 0.938 bits per heavy atom. The summed E-state index contributed by atoms with van der Waals surface area (Å²) >= 11 is 0. The molecule has 0 aliphatic heterocycles. The number of carbonyl (C=O) groups excluding carboxylic acids is 2. The molecular formula is C39H43N5O4. The fourth-order valence-electron chi connectivity index (χ4n) is 6.01. The Bertz CT molecular complexity index is 1840. The molecule has 0 fully saturated rings. The van der Waals surface area contributed by atoms with E-state index in [0.717, 1.165) is 46.9 Å². The molecule has 9 heteroatoms. The van der Waals surface area contributed by atoms with Crippen LogP contribution >= 0.6 is 0 Å². The third-order valence-electron chi connectivity index (χ3n) is 9.00. The van der Waals surface area contributed by atoms with Gasteiger partial charge in [0.15, 0.2) is 0 Å². The number of carbonyl (C=O) groups is 2. The van der Waals surface area contributed by atoms with Crippen molar-refractivity contribution in [3.05, 3.63) is 142 Å². The van der Waals surface area contributed by atoms with Crippen molar-refractivity contribution in [2.45, 2.75) is 65.6 Å². The van der Waals surface area contributed by atoms with Gasteiger partial charge < -0.3 is 14.8 Å². The van der Waals surface area contributed by atoms with Crippen LogP contribution in [0, 0.1) is 16.0 Å². The number of imidazole rings is 1. The Morgan fingerprint density at radius 3 is 2.35 bits per heavy atom. The summed E-state index contributed by atoms with van der Waals surface area (Å²) in [6.45, 7) is 7.51. The molecule has 5 rings (SSSR count). The van der Waals surface area contributed by atoms with Gasteiger partial charge in [0.25, 0.3) is 11.6 Å².